The molecule has 0 radical (unpaired) electrons. The summed E-state index contributed by atoms with van der Waals surface area (Å²) in [5.74, 6) is -0.489. The number of nitrogens with one attached hydrogen (secondary N) is 1. The highest BCUT2D eigenvalue weighted by molar-refractivity contribution is 9.10. The number of halogens is 1. The number of carbonyl (C=O) groups is 1. The van der Waals surface area contributed by atoms with Gasteiger partial charge in [0.05, 0.1) is 4.92 Å². The monoisotopic (exact) mass is 514 g/mol. The van der Waals surface area contributed by atoms with Gasteiger partial charge in [-0.25, -0.2) is 0 Å². The minimum absolute atomic E-state index is 0.00995. The van der Waals surface area contributed by atoms with Crippen LogP contribution < -0.4 is 5.32 Å². The zero-order valence-electron chi connectivity index (χ0n) is 18.2. The van der Waals surface area contributed by atoms with E-state index in [4.69, 9.17) is 0 Å². The van der Waals surface area contributed by atoms with Crippen molar-refractivity contribution >= 4 is 50.2 Å². The van der Waals surface area contributed by atoms with Crippen molar-refractivity contribution in [2.24, 2.45) is 0 Å². The molecule has 0 unspecified atom stereocenters. The van der Waals surface area contributed by atoms with Gasteiger partial charge >= 0.3 is 0 Å². The molecule has 34 heavy (non-hydrogen) atoms. The predicted molar refractivity (Wildman–Crippen MR) is 135 cm³/mol. The van der Waals surface area contributed by atoms with Crippen LogP contribution in [0, 0.1) is 28.4 Å². The average Bonchev–Trinajstić information content (AvgIpc) is 3.10. The lowest BCUT2D eigenvalue weighted by Crippen LogP contribution is -2.13. The first-order chi connectivity index (χ1) is 16.4. The fourth-order valence-electron chi connectivity index (χ4n) is 3.77. The van der Waals surface area contributed by atoms with E-state index in [0.29, 0.717) is 12.2 Å². The number of rotatable bonds is 6. The van der Waals surface area contributed by atoms with Crippen LogP contribution in [0.15, 0.2) is 82.8 Å². The summed E-state index contributed by atoms with van der Waals surface area (Å²) in [5.41, 5.74) is 4.12. The van der Waals surface area contributed by atoms with Crippen LogP contribution in [0.25, 0.3) is 17.0 Å². The van der Waals surface area contributed by atoms with Crippen molar-refractivity contribution in [2.75, 3.05) is 5.32 Å². The first kappa shape index (κ1) is 23.0. The second kappa shape index (κ2) is 9.73. The molecule has 8 heteroatoms. The van der Waals surface area contributed by atoms with Crippen molar-refractivity contribution in [1.82, 2.24) is 4.57 Å². The molecular weight excluding hydrogens is 496 g/mol. The second-order valence-electron chi connectivity index (χ2n) is 7.66. The number of hydrogen-bond donors (Lipinski definition) is 1. The predicted octanol–water partition coefficient (Wildman–Crippen LogP) is 6.21. The van der Waals surface area contributed by atoms with Gasteiger partial charge in [-0.1, -0.05) is 46.3 Å². The van der Waals surface area contributed by atoms with E-state index in [1.807, 2.05) is 37.3 Å². The number of benzene rings is 3. The van der Waals surface area contributed by atoms with Gasteiger partial charge < -0.3 is 9.88 Å². The van der Waals surface area contributed by atoms with Crippen molar-refractivity contribution in [1.29, 1.82) is 5.26 Å². The van der Waals surface area contributed by atoms with Gasteiger partial charge in [0.1, 0.15) is 11.6 Å². The summed E-state index contributed by atoms with van der Waals surface area (Å²) in [7, 11) is 0. The highest BCUT2D eigenvalue weighted by Gasteiger charge is 2.16. The number of nitrogens with zero attached hydrogens (tertiary/aromatic N) is 3. The molecule has 0 spiro atoms. The minimum Gasteiger partial charge on any atom is -0.340 e. The van der Waals surface area contributed by atoms with Gasteiger partial charge in [-0.15, -0.1) is 0 Å². The third-order valence-electron chi connectivity index (χ3n) is 5.52. The topological polar surface area (TPSA) is 101 Å². The van der Waals surface area contributed by atoms with Crippen LogP contribution in [-0.2, 0) is 11.3 Å². The van der Waals surface area contributed by atoms with Gasteiger partial charge in [-0.05, 0) is 48.9 Å². The van der Waals surface area contributed by atoms with Crippen molar-refractivity contribution in [3.05, 3.63) is 110 Å². The molecule has 0 saturated heterocycles. The van der Waals surface area contributed by atoms with Gasteiger partial charge in [0.25, 0.3) is 11.6 Å². The summed E-state index contributed by atoms with van der Waals surface area (Å²) < 4.78 is 2.96. The van der Waals surface area contributed by atoms with Gasteiger partial charge in [0.15, 0.2) is 0 Å². The molecule has 0 aliphatic rings. The standard InChI is InChI=1S/C26H19BrN4O3/c1-17-24(14-19(15-28)26(32)29-21-10-8-20(27)9-11-21)23-4-2-3-5-25(23)30(17)16-18-6-12-22(13-7-18)31(33)34/h2-14H,16H2,1H3,(H,29,32)/b19-14-. The number of hydrogen-bond acceptors (Lipinski definition) is 4. The zero-order chi connectivity index (χ0) is 24.2. The number of fused-ring (bicyclic) bond motifs is 1. The third kappa shape index (κ3) is 4.75. The number of nitro groups is 1. The first-order valence-corrected chi connectivity index (χ1v) is 11.2. The van der Waals surface area contributed by atoms with E-state index in [9.17, 15) is 20.2 Å². The fourth-order valence-corrected chi connectivity index (χ4v) is 4.04. The Morgan fingerprint density at radius 2 is 1.79 bits per heavy atom. The first-order valence-electron chi connectivity index (χ1n) is 10.4. The summed E-state index contributed by atoms with van der Waals surface area (Å²) in [6.07, 6.45) is 1.61. The molecule has 0 bridgehead atoms. The summed E-state index contributed by atoms with van der Waals surface area (Å²) in [4.78, 5) is 23.3. The van der Waals surface area contributed by atoms with Crippen LogP contribution >= 0.6 is 15.9 Å². The summed E-state index contributed by atoms with van der Waals surface area (Å²) in [6.45, 7) is 2.42. The van der Waals surface area contributed by atoms with Crippen molar-refractivity contribution < 1.29 is 9.72 Å². The highest BCUT2D eigenvalue weighted by atomic mass is 79.9. The van der Waals surface area contributed by atoms with E-state index in [1.165, 1.54) is 12.1 Å². The molecule has 4 aromatic rings. The van der Waals surface area contributed by atoms with Crippen LogP contribution in [-0.4, -0.2) is 15.4 Å². The Hall–Kier alpha value is -4.22. The van der Waals surface area contributed by atoms with Gasteiger partial charge in [-0.3, -0.25) is 14.9 Å². The lowest BCUT2D eigenvalue weighted by atomic mass is 10.1. The van der Waals surface area contributed by atoms with Crippen LogP contribution in [0.2, 0.25) is 0 Å². The molecule has 1 heterocycles. The molecule has 0 aliphatic carbocycles. The molecule has 0 saturated carbocycles. The Bertz CT molecular complexity index is 1460. The third-order valence-corrected chi connectivity index (χ3v) is 6.05. The maximum atomic E-state index is 12.8. The second-order valence-corrected chi connectivity index (χ2v) is 8.57. The Morgan fingerprint density at radius 3 is 2.44 bits per heavy atom. The zero-order valence-corrected chi connectivity index (χ0v) is 19.7. The van der Waals surface area contributed by atoms with Crippen LogP contribution in [0.3, 0.4) is 0 Å². The van der Waals surface area contributed by atoms with Crippen LogP contribution in [0.5, 0.6) is 0 Å². The number of carbonyl (C=O) groups excluding carboxylic acids is 1. The van der Waals surface area contributed by atoms with E-state index in [1.54, 1.807) is 42.5 Å². The van der Waals surface area contributed by atoms with Crippen LogP contribution in [0.1, 0.15) is 16.8 Å². The molecule has 0 aliphatic heterocycles. The van der Waals surface area contributed by atoms with Gasteiger partial charge in [0.2, 0.25) is 0 Å². The number of para-hydroxylation sites is 1. The number of nitro benzene ring substituents is 1. The van der Waals surface area contributed by atoms with Crippen molar-refractivity contribution in [2.45, 2.75) is 13.5 Å². The smallest absolute Gasteiger partial charge is 0.269 e. The van der Waals surface area contributed by atoms with Crippen molar-refractivity contribution in [3.8, 4) is 6.07 Å². The number of non-ortho nitro benzene ring substituents is 1. The number of anilines is 1. The largest absolute Gasteiger partial charge is 0.340 e. The summed E-state index contributed by atoms with van der Waals surface area (Å²) in [5, 5.41) is 24.3. The maximum Gasteiger partial charge on any atom is 0.269 e. The molecule has 1 amide bonds. The summed E-state index contributed by atoms with van der Waals surface area (Å²) >= 11 is 3.36. The average molecular weight is 515 g/mol. The number of nitriles is 1. The van der Waals surface area contributed by atoms with Crippen molar-refractivity contribution in [3.63, 3.8) is 0 Å². The molecule has 0 atom stereocenters. The molecule has 7 nitrogen and oxygen atoms in total. The normalized spacial score (nSPS) is 11.3. The fraction of sp³-hybridized carbons (Fsp3) is 0.0769. The number of amides is 1. The SMILES string of the molecule is Cc1c(/C=C(/C#N)C(=O)Nc2ccc(Br)cc2)c2ccccc2n1Cc1ccc([N+](=O)[O-])cc1. The Balaban J connectivity index is 1.71. The Kier molecular flexibility index (Phi) is 6.57. The molecule has 1 aromatic heterocycles. The van der Waals surface area contributed by atoms with E-state index >= 15 is 0 Å². The molecule has 4 rings (SSSR count). The molecule has 168 valence electrons. The van der Waals surface area contributed by atoms with E-state index in [0.717, 1.165) is 32.2 Å². The molecule has 3 aromatic carbocycles. The minimum atomic E-state index is -0.489. The lowest BCUT2D eigenvalue weighted by molar-refractivity contribution is -0.384. The quantitative estimate of drug-likeness (QED) is 0.143. The lowest BCUT2D eigenvalue weighted by Gasteiger charge is -2.09. The van der Waals surface area contributed by atoms with E-state index in [-0.39, 0.29) is 11.3 Å². The Morgan fingerprint density at radius 1 is 1.12 bits per heavy atom. The maximum absolute atomic E-state index is 12.8. The van der Waals surface area contributed by atoms with Gasteiger partial charge in [0, 0.05) is 51.0 Å². The van der Waals surface area contributed by atoms with E-state index < -0.39 is 10.8 Å². The Labute approximate surface area is 204 Å². The van der Waals surface area contributed by atoms with E-state index in [2.05, 4.69) is 25.8 Å². The number of aromatic nitrogens is 1. The van der Waals surface area contributed by atoms with Crippen LogP contribution in [0.4, 0.5) is 11.4 Å². The summed E-state index contributed by atoms with van der Waals surface area (Å²) in [6, 6.07) is 23.3. The molecular formula is C26H19BrN4O3. The van der Waals surface area contributed by atoms with Gasteiger partial charge in [-0.2, -0.15) is 5.26 Å². The molecule has 0 fully saturated rings. The highest BCUT2D eigenvalue weighted by Crippen LogP contribution is 2.29. The molecule has 1 N–H and O–H groups in total.